The van der Waals surface area contributed by atoms with Crippen LogP contribution in [0.3, 0.4) is 0 Å². The summed E-state index contributed by atoms with van der Waals surface area (Å²) in [5.74, 6) is -0.250. The van der Waals surface area contributed by atoms with Gasteiger partial charge in [0, 0.05) is 17.1 Å². The highest BCUT2D eigenvalue weighted by atomic mass is 35.5. The summed E-state index contributed by atoms with van der Waals surface area (Å²) in [7, 11) is 1.63. The van der Waals surface area contributed by atoms with Crippen molar-refractivity contribution in [1.82, 2.24) is 10.6 Å². The molecule has 1 aromatic rings. The molecule has 0 saturated heterocycles. The van der Waals surface area contributed by atoms with Gasteiger partial charge in [-0.3, -0.25) is 4.79 Å². The van der Waals surface area contributed by atoms with E-state index in [2.05, 4.69) is 15.4 Å². The van der Waals surface area contributed by atoms with Crippen LogP contribution >= 0.6 is 24.0 Å². The Morgan fingerprint density at radius 3 is 2.74 bits per heavy atom. The summed E-state index contributed by atoms with van der Waals surface area (Å²) in [5.41, 5.74) is 0.396. The molecule has 0 heterocycles. The molecule has 1 amide bonds. The lowest BCUT2D eigenvalue weighted by molar-refractivity contribution is -0.120. The number of halogens is 4. The van der Waals surface area contributed by atoms with E-state index in [1.807, 2.05) is 0 Å². The minimum Gasteiger partial charge on any atom is -0.434 e. The first-order chi connectivity index (χ1) is 8.52. The molecule has 0 aliphatic carbocycles. The van der Waals surface area contributed by atoms with Gasteiger partial charge in [-0.1, -0.05) is 11.6 Å². The largest absolute Gasteiger partial charge is 0.434 e. The minimum atomic E-state index is -2.92. The maximum atomic E-state index is 12.2. The van der Waals surface area contributed by atoms with Crippen molar-refractivity contribution in [3.05, 3.63) is 28.8 Å². The van der Waals surface area contributed by atoms with Gasteiger partial charge in [-0.2, -0.15) is 8.78 Å². The zero-order valence-corrected chi connectivity index (χ0v) is 11.7. The number of alkyl halides is 2. The van der Waals surface area contributed by atoms with Crippen molar-refractivity contribution in [2.45, 2.75) is 13.2 Å². The molecule has 0 atom stereocenters. The van der Waals surface area contributed by atoms with Crippen LogP contribution in [0.1, 0.15) is 5.56 Å². The van der Waals surface area contributed by atoms with Crippen LogP contribution < -0.4 is 15.4 Å². The Morgan fingerprint density at radius 1 is 1.47 bits per heavy atom. The normalized spacial score (nSPS) is 9.95. The Labute approximate surface area is 120 Å². The van der Waals surface area contributed by atoms with Crippen LogP contribution in [0.5, 0.6) is 5.75 Å². The summed E-state index contributed by atoms with van der Waals surface area (Å²) in [6.07, 6.45) is 0. The van der Waals surface area contributed by atoms with Gasteiger partial charge in [0.25, 0.3) is 0 Å². The molecule has 0 bridgehead atoms. The molecule has 19 heavy (non-hydrogen) atoms. The van der Waals surface area contributed by atoms with Crippen LogP contribution in [0.2, 0.25) is 5.02 Å². The molecule has 1 rings (SSSR count). The number of likely N-dealkylation sites (N-methyl/N-ethyl adjacent to an activating group) is 1. The number of carbonyl (C=O) groups is 1. The molecule has 0 aromatic heterocycles. The van der Waals surface area contributed by atoms with Gasteiger partial charge in [-0.25, -0.2) is 0 Å². The zero-order chi connectivity index (χ0) is 13.5. The summed E-state index contributed by atoms with van der Waals surface area (Å²) in [4.78, 5) is 11.2. The molecule has 1 aromatic carbocycles. The van der Waals surface area contributed by atoms with E-state index in [1.165, 1.54) is 18.2 Å². The summed E-state index contributed by atoms with van der Waals surface area (Å²) < 4.78 is 28.7. The number of ether oxygens (including phenoxy) is 1. The molecule has 0 saturated carbocycles. The summed E-state index contributed by atoms with van der Waals surface area (Å²) in [6.45, 7) is -2.70. The topological polar surface area (TPSA) is 50.4 Å². The molecule has 0 aliphatic rings. The molecule has 4 nitrogen and oxygen atoms in total. The molecule has 0 aliphatic heterocycles. The van der Waals surface area contributed by atoms with Crippen molar-refractivity contribution in [1.29, 1.82) is 0 Å². The molecule has 2 N–H and O–H groups in total. The van der Waals surface area contributed by atoms with Gasteiger partial charge in [0.2, 0.25) is 5.91 Å². The van der Waals surface area contributed by atoms with Gasteiger partial charge >= 0.3 is 6.61 Å². The second-order valence-corrected chi connectivity index (χ2v) is 3.87. The monoisotopic (exact) mass is 314 g/mol. The van der Waals surface area contributed by atoms with Crippen LogP contribution in [0.25, 0.3) is 0 Å². The van der Waals surface area contributed by atoms with E-state index in [4.69, 9.17) is 11.6 Å². The Hall–Kier alpha value is -1.11. The van der Waals surface area contributed by atoms with Crippen LogP contribution in [0, 0.1) is 0 Å². The Balaban J connectivity index is 0.00000324. The fourth-order valence-electron chi connectivity index (χ4n) is 1.31. The van der Waals surface area contributed by atoms with Crippen LogP contribution in [0.15, 0.2) is 18.2 Å². The Bertz CT molecular complexity index is 420. The number of hydrogen-bond acceptors (Lipinski definition) is 3. The smallest absolute Gasteiger partial charge is 0.387 e. The van der Waals surface area contributed by atoms with E-state index in [9.17, 15) is 13.6 Å². The van der Waals surface area contributed by atoms with E-state index < -0.39 is 6.61 Å². The van der Waals surface area contributed by atoms with Crippen LogP contribution in [0.4, 0.5) is 8.78 Å². The number of rotatable bonds is 6. The molecular weight excluding hydrogens is 301 g/mol. The SMILES string of the molecule is CNCC(=O)NCc1cc(Cl)ccc1OC(F)F.Cl. The first kappa shape index (κ1) is 17.9. The van der Waals surface area contributed by atoms with E-state index in [0.29, 0.717) is 10.6 Å². The van der Waals surface area contributed by atoms with Gasteiger partial charge < -0.3 is 15.4 Å². The molecular formula is C11H14Cl2F2N2O2. The quantitative estimate of drug-likeness (QED) is 0.846. The predicted octanol–water partition coefficient (Wildman–Crippen LogP) is 2.20. The zero-order valence-electron chi connectivity index (χ0n) is 10.1. The van der Waals surface area contributed by atoms with E-state index >= 15 is 0 Å². The maximum Gasteiger partial charge on any atom is 0.387 e. The summed E-state index contributed by atoms with van der Waals surface area (Å²) >= 11 is 5.76. The first-order valence-corrected chi connectivity index (χ1v) is 5.55. The molecule has 0 fully saturated rings. The number of amides is 1. The van der Waals surface area contributed by atoms with Crippen molar-refractivity contribution in [3.63, 3.8) is 0 Å². The third-order valence-corrected chi connectivity index (χ3v) is 2.29. The third kappa shape index (κ3) is 6.56. The van der Waals surface area contributed by atoms with E-state index in [1.54, 1.807) is 7.05 Å². The van der Waals surface area contributed by atoms with Crippen molar-refractivity contribution >= 4 is 29.9 Å². The second-order valence-electron chi connectivity index (χ2n) is 3.44. The van der Waals surface area contributed by atoms with E-state index in [0.717, 1.165) is 0 Å². The highest BCUT2D eigenvalue weighted by Gasteiger charge is 2.11. The number of nitrogens with one attached hydrogen (secondary N) is 2. The summed E-state index contributed by atoms with van der Waals surface area (Å²) in [5, 5.41) is 5.61. The Kier molecular flexibility index (Phi) is 8.38. The van der Waals surface area contributed by atoms with Crippen molar-refractivity contribution in [3.8, 4) is 5.75 Å². The fraction of sp³-hybridized carbons (Fsp3) is 0.364. The number of hydrogen-bond donors (Lipinski definition) is 2. The van der Waals surface area contributed by atoms with Gasteiger partial charge in [-0.15, -0.1) is 12.4 Å². The first-order valence-electron chi connectivity index (χ1n) is 5.17. The highest BCUT2D eigenvalue weighted by Crippen LogP contribution is 2.24. The van der Waals surface area contributed by atoms with Crippen molar-refractivity contribution in [2.24, 2.45) is 0 Å². The fourth-order valence-corrected chi connectivity index (χ4v) is 1.51. The molecule has 108 valence electrons. The van der Waals surface area contributed by atoms with Gasteiger partial charge in [0.1, 0.15) is 5.75 Å². The van der Waals surface area contributed by atoms with Crippen molar-refractivity contribution in [2.75, 3.05) is 13.6 Å². The lowest BCUT2D eigenvalue weighted by Gasteiger charge is -2.12. The molecule has 0 spiro atoms. The predicted molar refractivity (Wildman–Crippen MR) is 71.1 cm³/mol. The average molecular weight is 315 g/mol. The van der Waals surface area contributed by atoms with Crippen LogP contribution in [-0.4, -0.2) is 26.1 Å². The molecule has 0 unspecified atom stereocenters. The Morgan fingerprint density at radius 2 is 2.16 bits per heavy atom. The lowest BCUT2D eigenvalue weighted by Crippen LogP contribution is -2.31. The van der Waals surface area contributed by atoms with Gasteiger partial charge in [0.15, 0.2) is 0 Å². The number of carbonyl (C=O) groups excluding carboxylic acids is 1. The average Bonchev–Trinajstić information content (AvgIpc) is 2.29. The van der Waals surface area contributed by atoms with Crippen LogP contribution in [-0.2, 0) is 11.3 Å². The second kappa shape index (κ2) is 8.90. The van der Waals surface area contributed by atoms with Gasteiger partial charge in [-0.05, 0) is 25.2 Å². The lowest BCUT2D eigenvalue weighted by atomic mass is 10.2. The van der Waals surface area contributed by atoms with Crippen molar-refractivity contribution < 1.29 is 18.3 Å². The third-order valence-electron chi connectivity index (χ3n) is 2.05. The molecule has 8 heteroatoms. The minimum absolute atomic E-state index is 0. The standard InChI is InChI=1S/C11H13ClF2N2O2.ClH/c1-15-6-10(17)16-5-7-4-8(12)2-3-9(7)18-11(13)14;/h2-4,11,15H,5-6H2,1H3,(H,16,17);1H. The molecule has 0 radical (unpaired) electrons. The van der Waals surface area contributed by atoms with Gasteiger partial charge in [0.05, 0.1) is 6.54 Å². The summed E-state index contributed by atoms with van der Waals surface area (Å²) in [6, 6.07) is 4.26. The highest BCUT2D eigenvalue weighted by molar-refractivity contribution is 6.30. The number of benzene rings is 1. The van der Waals surface area contributed by atoms with E-state index in [-0.39, 0.29) is 37.2 Å². The maximum absolute atomic E-state index is 12.2.